The van der Waals surface area contributed by atoms with Crippen molar-refractivity contribution in [1.29, 1.82) is 0 Å². The summed E-state index contributed by atoms with van der Waals surface area (Å²) in [6, 6.07) is 12.4. The topological polar surface area (TPSA) is 20.2 Å². The summed E-state index contributed by atoms with van der Waals surface area (Å²) in [5.41, 5.74) is -1.39. The predicted molar refractivity (Wildman–Crippen MR) is 81.6 cm³/mol. The number of rotatable bonds is 2. The molecule has 0 aliphatic rings. The Morgan fingerprint density at radius 3 is 2.48 bits per heavy atom. The van der Waals surface area contributed by atoms with Crippen LogP contribution in [0.1, 0.15) is 22.9 Å². The average Bonchev–Trinajstić information content (AvgIpc) is 2.89. The Labute approximate surface area is 125 Å². The zero-order valence-corrected chi connectivity index (χ0v) is 12.5. The zero-order valence-electron chi connectivity index (χ0n) is 11.7. The second kappa shape index (κ2) is 4.90. The van der Waals surface area contributed by atoms with Crippen molar-refractivity contribution in [3.8, 4) is 0 Å². The van der Waals surface area contributed by atoms with Crippen LogP contribution in [-0.4, -0.2) is 5.11 Å². The van der Waals surface area contributed by atoms with Gasteiger partial charge in [-0.25, -0.2) is 8.78 Å². The molecule has 0 aliphatic heterocycles. The van der Waals surface area contributed by atoms with E-state index in [1.54, 1.807) is 0 Å². The predicted octanol–water partition coefficient (Wildman–Crippen LogP) is 4.74. The highest BCUT2D eigenvalue weighted by Crippen LogP contribution is 2.38. The maximum atomic E-state index is 14.2. The number of hydrogen-bond donors (Lipinski definition) is 1. The lowest BCUT2D eigenvalue weighted by Crippen LogP contribution is -2.23. The number of benzene rings is 2. The van der Waals surface area contributed by atoms with Gasteiger partial charge in [-0.2, -0.15) is 0 Å². The minimum atomic E-state index is -1.57. The van der Waals surface area contributed by atoms with E-state index < -0.39 is 17.2 Å². The summed E-state index contributed by atoms with van der Waals surface area (Å²) in [6.07, 6.45) is 0. The lowest BCUT2D eigenvalue weighted by molar-refractivity contribution is 0.101. The lowest BCUT2D eigenvalue weighted by atomic mass is 9.92. The van der Waals surface area contributed by atoms with E-state index in [0.717, 1.165) is 10.1 Å². The largest absolute Gasteiger partial charge is 0.380 e. The Morgan fingerprint density at radius 2 is 1.76 bits per heavy atom. The van der Waals surface area contributed by atoms with Gasteiger partial charge < -0.3 is 5.11 Å². The number of aryl methyl sites for hydroxylation is 1. The van der Waals surface area contributed by atoms with Crippen LogP contribution in [0.15, 0.2) is 42.5 Å². The fourth-order valence-corrected chi connectivity index (χ4v) is 3.50. The minimum absolute atomic E-state index is 0.0443. The quantitative estimate of drug-likeness (QED) is 0.725. The molecule has 108 valence electrons. The lowest BCUT2D eigenvalue weighted by Gasteiger charge is -2.23. The van der Waals surface area contributed by atoms with Gasteiger partial charge in [0.05, 0.1) is 0 Å². The molecule has 1 N–H and O–H groups in total. The van der Waals surface area contributed by atoms with Crippen LogP contribution in [0, 0.1) is 18.6 Å². The van der Waals surface area contributed by atoms with Gasteiger partial charge in [0, 0.05) is 15.1 Å². The van der Waals surface area contributed by atoms with Gasteiger partial charge in [-0.15, -0.1) is 11.3 Å². The van der Waals surface area contributed by atoms with E-state index >= 15 is 0 Å². The van der Waals surface area contributed by atoms with Crippen molar-refractivity contribution in [3.05, 3.63) is 70.1 Å². The van der Waals surface area contributed by atoms with Crippen molar-refractivity contribution >= 4 is 21.4 Å². The third kappa shape index (κ3) is 2.24. The number of aliphatic hydroxyl groups is 1. The van der Waals surface area contributed by atoms with E-state index in [9.17, 15) is 13.9 Å². The second-order valence-electron chi connectivity index (χ2n) is 5.28. The summed E-state index contributed by atoms with van der Waals surface area (Å²) in [5.74, 6) is -1.90. The summed E-state index contributed by atoms with van der Waals surface area (Å²) in [6.45, 7) is 2.99. The molecule has 1 unspecified atom stereocenters. The molecule has 0 radical (unpaired) electrons. The first-order chi connectivity index (χ1) is 9.91. The highest BCUT2D eigenvalue weighted by atomic mass is 32.1. The summed E-state index contributed by atoms with van der Waals surface area (Å²) < 4.78 is 28.9. The third-order valence-corrected chi connectivity index (χ3v) is 5.03. The summed E-state index contributed by atoms with van der Waals surface area (Å²) in [4.78, 5) is 0.589. The SMILES string of the molecule is Cc1ccc(C(C)(O)c2cc3ccccc3s2)c(F)c1F. The van der Waals surface area contributed by atoms with E-state index in [-0.39, 0.29) is 11.1 Å². The normalized spacial score (nSPS) is 14.3. The first-order valence-corrected chi connectivity index (χ1v) is 7.39. The maximum Gasteiger partial charge on any atom is 0.165 e. The molecule has 1 atom stereocenters. The highest BCUT2D eigenvalue weighted by Gasteiger charge is 2.32. The molecule has 1 aromatic heterocycles. The molecule has 4 heteroatoms. The Morgan fingerprint density at radius 1 is 1.05 bits per heavy atom. The molecule has 0 saturated carbocycles. The minimum Gasteiger partial charge on any atom is -0.380 e. The molecule has 1 heterocycles. The summed E-state index contributed by atoms with van der Waals surface area (Å²) >= 11 is 1.38. The van der Waals surface area contributed by atoms with E-state index in [4.69, 9.17) is 0 Å². The van der Waals surface area contributed by atoms with Gasteiger partial charge in [-0.05, 0) is 36.9 Å². The molecule has 0 saturated heterocycles. The van der Waals surface area contributed by atoms with Crippen molar-refractivity contribution in [2.24, 2.45) is 0 Å². The molecular formula is C17H14F2OS. The van der Waals surface area contributed by atoms with Crippen LogP contribution >= 0.6 is 11.3 Å². The van der Waals surface area contributed by atoms with Crippen molar-refractivity contribution in [2.75, 3.05) is 0 Å². The molecule has 0 amide bonds. The molecule has 0 fully saturated rings. The molecule has 2 aromatic carbocycles. The molecule has 0 bridgehead atoms. The van der Waals surface area contributed by atoms with E-state index in [1.807, 2.05) is 30.3 Å². The van der Waals surface area contributed by atoms with Gasteiger partial charge >= 0.3 is 0 Å². The number of fused-ring (bicyclic) bond motifs is 1. The van der Waals surface area contributed by atoms with Crippen molar-refractivity contribution in [2.45, 2.75) is 19.4 Å². The van der Waals surface area contributed by atoms with Gasteiger partial charge in [0.2, 0.25) is 0 Å². The average molecular weight is 304 g/mol. The molecule has 3 rings (SSSR count). The molecule has 0 aliphatic carbocycles. The standard InChI is InChI=1S/C17H14F2OS/c1-10-7-8-12(16(19)15(10)18)17(2,20)14-9-11-5-3-4-6-13(11)21-14/h3-9,20H,1-2H3. The van der Waals surface area contributed by atoms with Crippen molar-refractivity contribution in [1.82, 2.24) is 0 Å². The van der Waals surface area contributed by atoms with Gasteiger partial charge in [0.1, 0.15) is 5.60 Å². The highest BCUT2D eigenvalue weighted by molar-refractivity contribution is 7.19. The Bertz CT molecular complexity index is 788. The number of thiophene rings is 1. The van der Waals surface area contributed by atoms with Gasteiger partial charge in [0.15, 0.2) is 11.6 Å². The molecule has 3 aromatic rings. The van der Waals surface area contributed by atoms with Crippen LogP contribution < -0.4 is 0 Å². The number of hydrogen-bond acceptors (Lipinski definition) is 2. The number of halogens is 2. The van der Waals surface area contributed by atoms with Crippen molar-refractivity contribution < 1.29 is 13.9 Å². The maximum absolute atomic E-state index is 14.2. The fraction of sp³-hybridized carbons (Fsp3) is 0.176. The molecule has 21 heavy (non-hydrogen) atoms. The van der Waals surface area contributed by atoms with Crippen LogP contribution in [0.2, 0.25) is 0 Å². The van der Waals surface area contributed by atoms with Gasteiger partial charge in [0.25, 0.3) is 0 Å². The molecule has 0 spiro atoms. The Kier molecular flexibility index (Phi) is 3.30. The zero-order chi connectivity index (χ0) is 15.2. The van der Waals surface area contributed by atoms with Crippen LogP contribution in [0.25, 0.3) is 10.1 Å². The second-order valence-corrected chi connectivity index (χ2v) is 6.36. The molecular weight excluding hydrogens is 290 g/mol. The smallest absolute Gasteiger partial charge is 0.165 e. The Balaban J connectivity index is 2.17. The first-order valence-electron chi connectivity index (χ1n) is 6.58. The van der Waals surface area contributed by atoms with Gasteiger partial charge in [-0.3, -0.25) is 0 Å². The summed E-state index contributed by atoms with van der Waals surface area (Å²) in [7, 11) is 0. The van der Waals surface area contributed by atoms with Crippen molar-refractivity contribution in [3.63, 3.8) is 0 Å². The molecule has 1 nitrogen and oxygen atoms in total. The van der Waals surface area contributed by atoms with Crippen LogP contribution in [0.4, 0.5) is 8.78 Å². The van der Waals surface area contributed by atoms with E-state index in [1.165, 1.54) is 37.3 Å². The van der Waals surface area contributed by atoms with E-state index in [2.05, 4.69) is 0 Å². The van der Waals surface area contributed by atoms with Gasteiger partial charge in [-0.1, -0.05) is 30.3 Å². The van der Waals surface area contributed by atoms with E-state index in [0.29, 0.717) is 4.88 Å². The fourth-order valence-electron chi connectivity index (χ4n) is 2.38. The Hall–Kier alpha value is -1.78. The van der Waals surface area contributed by atoms with Crippen LogP contribution in [0.5, 0.6) is 0 Å². The third-order valence-electron chi connectivity index (χ3n) is 3.71. The van der Waals surface area contributed by atoms with Crippen LogP contribution in [0.3, 0.4) is 0 Å². The monoisotopic (exact) mass is 304 g/mol. The first kappa shape index (κ1) is 14.2. The summed E-state index contributed by atoms with van der Waals surface area (Å²) in [5, 5.41) is 11.7. The van der Waals surface area contributed by atoms with Crippen LogP contribution in [-0.2, 0) is 5.60 Å².